The smallest absolute Gasteiger partial charge is 0.411 e. The van der Waals surface area contributed by atoms with E-state index in [-0.39, 0.29) is 33.8 Å². The fourth-order valence-corrected chi connectivity index (χ4v) is 3.96. The van der Waals surface area contributed by atoms with Crippen LogP contribution in [0.2, 0.25) is 0 Å². The van der Waals surface area contributed by atoms with Crippen LogP contribution in [0.1, 0.15) is 5.56 Å². The summed E-state index contributed by atoms with van der Waals surface area (Å²) in [4.78, 5) is 25.0. The van der Waals surface area contributed by atoms with Crippen molar-refractivity contribution in [1.82, 2.24) is 10.2 Å². The van der Waals surface area contributed by atoms with Crippen molar-refractivity contribution in [2.24, 2.45) is 0 Å². The van der Waals surface area contributed by atoms with E-state index >= 15 is 0 Å². The number of carbonyl (C=O) groups is 1. The van der Waals surface area contributed by atoms with E-state index < -0.39 is 22.6 Å². The Balaban J connectivity index is 1.47. The Bertz CT molecular complexity index is 1230. The third-order valence-corrected chi connectivity index (χ3v) is 5.83. The lowest BCUT2D eigenvalue weighted by molar-refractivity contribution is -0.384. The summed E-state index contributed by atoms with van der Waals surface area (Å²) in [6.45, 7) is 1.78. The Morgan fingerprint density at radius 1 is 1.17 bits per heavy atom. The van der Waals surface area contributed by atoms with Crippen molar-refractivity contribution in [2.75, 3.05) is 42.3 Å². The summed E-state index contributed by atoms with van der Waals surface area (Å²) in [5.74, 6) is -0.918. The van der Waals surface area contributed by atoms with Crippen molar-refractivity contribution in [1.29, 1.82) is 0 Å². The van der Waals surface area contributed by atoms with Gasteiger partial charge in [0.05, 0.1) is 40.8 Å². The minimum atomic E-state index is -4.57. The molecule has 1 amide bonds. The van der Waals surface area contributed by atoms with Crippen LogP contribution in [0.3, 0.4) is 0 Å². The SMILES string of the molecule is O=C(CSc1nnc(-c2ccccc2[N+](=O)[O-])o1)Nc1cc(C(F)(F)F)ccc1N1CCOCC1. The molecule has 1 aliphatic heterocycles. The summed E-state index contributed by atoms with van der Waals surface area (Å²) in [7, 11) is 0. The zero-order valence-corrected chi connectivity index (χ0v) is 18.8. The van der Waals surface area contributed by atoms with Crippen molar-refractivity contribution in [3.05, 3.63) is 58.1 Å². The Kier molecular flexibility index (Phi) is 7.21. The number of alkyl halides is 3. The summed E-state index contributed by atoms with van der Waals surface area (Å²) in [5.41, 5.74) is -0.496. The van der Waals surface area contributed by atoms with E-state index in [2.05, 4.69) is 15.5 Å². The van der Waals surface area contributed by atoms with Crippen LogP contribution in [0.5, 0.6) is 0 Å². The number of ether oxygens (including phenoxy) is 1. The third kappa shape index (κ3) is 5.89. The van der Waals surface area contributed by atoms with Crippen LogP contribution in [-0.2, 0) is 15.7 Å². The van der Waals surface area contributed by atoms with Crippen LogP contribution < -0.4 is 10.2 Å². The molecule has 14 heteroatoms. The number of anilines is 2. The number of nitrogens with one attached hydrogen (secondary N) is 1. The maximum absolute atomic E-state index is 13.2. The van der Waals surface area contributed by atoms with Gasteiger partial charge in [0.2, 0.25) is 5.91 Å². The predicted molar refractivity (Wildman–Crippen MR) is 120 cm³/mol. The summed E-state index contributed by atoms with van der Waals surface area (Å²) in [6.07, 6.45) is -4.57. The molecule has 0 unspecified atom stereocenters. The van der Waals surface area contributed by atoms with Crippen molar-refractivity contribution < 1.29 is 32.0 Å². The van der Waals surface area contributed by atoms with Gasteiger partial charge in [0, 0.05) is 19.2 Å². The maximum Gasteiger partial charge on any atom is 0.416 e. The monoisotopic (exact) mass is 509 g/mol. The molecule has 1 N–H and O–H groups in total. The Morgan fingerprint density at radius 2 is 1.91 bits per heavy atom. The van der Waals surface area contributed by atoms with E-state index in [0.29, 0.717) is 32.0 Å². The highest BCUT2D eigenvalue weighted by Crippen LogP contribution is 2.36. The number of carbonyl (C=O) groups excluding carboxylic acids is 1. The van der Waals surface area contributed by atoms with Crippen LogP contribution in [0.4, 0.5) is 30.2 Å². The number of aromatic nitrogens is 2. The number of para-hydroxylation sites is 1. The van der Waals surface area contributed by atoms with Crippen molar-refractivity contribution >= 4 is 34.7 Å². The van der Waals surface area contributed by atoms with E-state index in [9.17, 15) is 28.1 Å². The largest absolute Gasteiger partial charge is 0.416 e. The molecule has 0 bridgehead atoms. The van der Waals surface area contributed by atoms with Crippen molar-refractivity contribution in [3.8, 4) is 11.5 Å². The molecule has 0 atom stereocenters. The molecule has 0 saturated carbocycles. The van der Waals surface area contributed by atoms with Gasteiger partial charge in [-0.1, -0.05) is 23.9 Å². The van der Waals surface area contributed by atoms with Crippen LogP contribution in [-0.4, -0.2) is 53.1 Å². The molecule has 0 aliphatic carbocycles. The summed E-state index contributed by atoms with van der Waals surface area (Å²) < 4.78 is 50.5. The molecule has 184 valence electrons. The van der Waals surface area contributed by atoms with Crippen molar-refractivity contribution in [3.63, 3.8) is 0 Å². The highest BCUT2D eigenvalue weighted by molar-refractivity contribution is 7.99. The third-order valence-electron chi connectivity index (χ3n) is 5.01. The van der Waals surface area contributed by atoms with Gasteiger partial charge in [-0.3, -0.25) is 14.9 Å². The molecule has 1 aliphatic rings. The molecule has 1 fully saturated rings. The highest BCUT2D eigenvalue weighted by atomic mass is 32.2. The van der Waals surface area contributed by atoms with E-state index in [1.807, 2.05) is 4.90 Å². The number of nitro groups is 1. The predicted octanol–water partition coefficient (Wildman–Crippen LogP) is 4.23. The second-order valence-corrected chi connectivity index (χ2v) is 8.24. The first-order chi connectivity index (χ1) is 16.7. The molecule has 2 aromatic carbocycles. The lowest BCUT2D eigenvalue weighted by Crippen LogP contribution is -2.37. The molecular formula is C21H18F3N5O5S. The zero-order valence-electron chi connectivity index (χ0n) is 17.9. The fraction of sp³-hybridized carbons (Fsp3) is 0.286. The highest BCUT2D eigenvalue weighted by Gasteiger charge is 2.32. The van der Waals surface area contributed by atoms with Gasteiger partial charge in [0.25, 0.3) is 16.8 Å². The Morgan fingerprint density at radius 3 is 2.63 bits per heavy atom. The van der Waals surface area contributed by atoms with E-state index in [0.717, 1.165) is 23.9 Å². The van der Waals surface area contributed by atoms with E-state index in [4.69, 9.17) is 9.15 Å². The number of nitrogens with zero attached hydrogens (tertiary/aromatic N) is 4. The first kappa shape index (κ1) is 24.5. The average molecular weight is 509 g/mol. The average Bonchev–Trinajstić information content (AvgIpc) is 3.32. The molecular weight excluding hydrogens is 491 g/mol. The van der Waals surface area contributed by atoms with Gasteiger partial charge in [0.1, 0.15) is 5.56 Å². The van der Waals surface area contributed by atoms with Gasteiger partial charge >= 0.3 is 6.18 Å². The fourth-order valence-electron chi connectivity index (χ4n) is 3.40. The topological polar surface area (TPSA) is 124 Å². The number of thioether (sulfide) groups is 1. The number of hydrogen-bond acceptors (Lipinski definition) is 9. The van der Waals surface area contributed by atoms with Crippen LogP contribution in [0.25, 0.3) is 11.5 Å². The normalized spacial score (nSPS) is 14.1. The summed E-state index contributed by atoms with van der Waals surface area (Å²) in [5, 5.41) is 21.3. The van der Waals surface area contributed by atoms with Gasteiger partial charge in [-0.25, -0.2) is 0 Å². The number of morpholine rings is 1. The van der Waals surface area contributed by atoms with Gasteiger partial charge < -0.3 is 19.4 Å². The Labute approximate surface area is 200 Å². The second-order valence-electron chi connectivity index (χ2n) is 7.31. The summed E-state index contributed by atoms with van der Waals surface area (Å²) >= 11 is 0.851. The van der Waals surface area contributed by atoms with Crippen LogP contribution in [0, 0.1) is 10.1 Å². The zero-order chi connectivity index (χ0) is 25.0. The lowest BCUT2D eigenvalue weighted by atomic mass is 10.1. The molecule has 2 heterocycles. The first-order valence-corrected chi connectivity index (χ1v) is 11.2. The second kappa shape index (κ2) is 10.3. The number of hydrogen-bond donors (Lipinski definition) is 1. The van der Waals surface area contributed by atoms with Gasteiger partial charge in [-0.2, -0.15) is 13.2 Å². The number of amides is 1. The number of benzene rings is 2. The molecule has 10 nitrogen and oxygen atoms in total. The Hall–Kier alpha value is -3.65. The first-order valence-electron chi connectivity index (χ1n) is 10.3. The maximum atomic E-state index is 13.2. The molecule has 35 heavy (non-hydrogen) atoms. The molecule has 0 spiro atoms. The van der Waals surface area contributed by atoms with Gasteiger partial charge in [-0.05, 0) is 24.3 Å². The minimum Gasteiger partial charge on any atom is -0.411 e. The standard InChI is InChI=1S/C21H18F3N5O5S/c22-21(23,24)13-5-6-17(28-7-9-33-10-8-28)15(11-13)25-18(30)12-35-20-27-26-19(34-20)14-3-1-2-4-16(14)29(31)32/h1-6,11H,7-10,12H2,(H,25,30). The van der Waals surface area contributed by atoms with E-state index in [1.54, 1.807) is 6.07 Å². The summed E-state index contributed by atoms with van der Waals surface area (Å²) in [6, 6.07) is 9.01. The molecule has 4 rings (SSSR count). The molecule has 3 aromatic rings. The van der Waals surface area contributed by atoms with Gasteiger partial charge in [0.15, 0.2) is 0 Å². The van der Waals surface area contributed by atoms with E-state index in [1.165, 1.54) is 24.3 Å². The quantitative estimate of drug-likeness (QED) is 0.283. The lowest BCUT2D eigenvalue weighted by Gasteiger charge is -2.31. The molecule has 0 radical (unpaired) electrons. The molecule has 1 aromatic heterocycles. The van der Waals surface area contributed by atoms with Gasteiger partial charge in [-0.15, -0.1) is 10.2 Å². The molecule has 1 saturated heterocycles. The number of halogens is 3. The minimum absolute atomic E-state index is 0.0225. The number of rotatable bonds is 7. The van der Waals surface area contributed by atoms with Crippen molar-refractivity contribution in [2.45, 2.75) is 11.4 Å². The van der Waals surface area contributed by atoms with Crippen LogP contribution in [0.15, 0.2) is 52.1 Å². The van der Waals surface area contributed by atoms with Crippen LogP contribution >= 0.6 is 11.8 Å². The number of nitro benzene ring substituents is 1.